The minimum atomic E-state index is 0.0955. The first-order valence-electron chi connectivity index (χ1n) is 7.71. The van der Waals surface area contributed by atoms with Crippen molar-refractivity contribution in [1.82, 2.24) is 5.32 Å². The van der Waals surface area contributed by atoms with Crippen molar-refractivity contribution < 1.29 is 9.47 Å². The van der Waals surface area contributed by atoms with Crippen molar-refractivity contribution in [2.24, 2.45) is 11.8 Å². The summed E-state index contributed by atoms with van der Waals surface area (Å²) in [5.41, 5.74) is 0.0955. The number of piperidine rings is 1. The Kier molecular flexibility index (Phi) is 3.92. The van der Waals surface area contributed by atoms with Crippen molar-refractivity contribution in [3.8, 4) is 0 Å². The van der Waals surface area contributed by atoms with Crippen LogP contribution in [0.4, 0.5) is 0 Å². The smallest absolute Gasteiger partial charge is 0.0939 e. The van der Waals surface area contributed by atoms with Gasteiger partial charge in [0, 0.05) is 25.7 Å². The van der Waals surface area contributed by atoms with Crippen LogP contribution in [0.15, 0.2) is 0 Å². The fraction of sp³-hybridized carbons (Fsp3) is 1.00. The average Bonchev–Trinajstić information content (AvgIpc) is 2.80. The van der Waals surface area contributed by atoms with E-state index < -0.39 is 0 Å². The average molecular weight is 253 g/mol. The van der Waals surface area contributed by atoms with Gasteiger partial charge in [-0.05, 0) is 57.4 Å². The van der Waals surface area contributed by atoms with Crippen LogP contribution in [0, 0.1) is 11.8 Å². The Morgan fingerprint density at radius 2 is 2.11 bits per heavy atom. The van der Waals surface area contributed by atoms with Gasteiger partial charge in [0.25, 0.3) is 0 Å². The summed E-state index contributed by atoms with van der Waals surface area (Å²) in [5, 5.41) is 3.63. The highest BCUT2D eigenvalue weighted by molar-refractivity contribution is 4.91. The van der Waals surface area contributed by atoms with E-state index >= 15 is 0 Å². The molecule has 1 spiro atoms. The van der Waals surface area contributed by atoms with E-state index in [9.17, 15) is 0 Å². The van der Waals surface area contributed by atoms with E-state index in [1.165, 1.54) is 38.6 Å². The Balaban J connectivity index is 1.50. The molecule has 3 saturated heterocycles. The summed E-state index contributed by atoms with van der Waals surface area (Å²) in [7, 11) is 0. The monoisotopic (exact) mass is 253 g/mol. The summed E-state index contributed by atoms with van der Waals surface area (Å²) < 4.78 is 11.6. The molecule has 104 valence electrons. The van der Waals surface area contributed by atoms with Gasteiger partial charge in [-0.3, -0.25) is 0 Å². The largest absolute Gasteiger partial charge is 0.378 e. The van der Waals surface area contributed by atoms with E-state index in [-0.39, 0.29) is 5.60 Å². The molecule has 3 rings (SSSR count). The number of nitrogens with one attached hydrogen (secondary N) is 1. The summed E-state index contributed by atoms with van der Waals surface area (Å²) in [4.78, 5) is 0. The minimum Gasteiger partial charge on any atom is -0.378 e. The molecule has 3 heterocycles. The van der Waals surface area contributed by atoms with Gasteiger partial charge < -0.3 is 14.8 Å². The number of hydrogen-bond acceptors (Lipinski definition) is 3. The van der Waals surface area contributed by atoms with Gasteiger partial charge in [0.15, 0.2) is 0 Å². The van der Waals surface area contributed by atoms with Crippen LogP contribution < -0.4 is 5.32 Å². The molecule has 4 unspecified atom stereocenters. The molecule has 0 aromatic rings. The zero-order chi connectivity index (χ0) is 12.4. The highest BCUT2D eigenvalue weighted by Crippen LogP contribution is 2.39. The number of rotatable bonds is 2. The zero-order valence-corrected chi connectivity index (χ0v) is 11.6. The van der Waals surface area contributed by atoms with Crippen molar-refractivity contribution in [1.29, 1.82) is 0 Å². The maximum absolute atomic E-state index is 6.02. The summed E-state index contributed by atoms with van der Waals surface area (Å²) in [6, 6.07) is 0.727. The van der Waals surface area contributed by atoms with Gasteiger partial charge in [0.1, 0.15) is 0 Å². The summed E-state index contributed by atoms with van der Waals surface area (Å²) in [6.07, 6.45) is 7.76. The molecule has 4 atom stereocenters. The lowest BCUT2D eigenvalue weighted by Gasteiger charge is -2.39. The third kappa shape index (κ3) is 2.89. The summed E-state index contributed by atoms with van der Waals surface area (Å²) >= 11 is 0. The second-order valence-corrected chi connectivity index (χ2v) is 6.68. The Labute approximate surface area is 111 Å². The molecule has 3 heteroatoms. The van der Waals surface area contributed by atoms with Crippen molar-refractivity contribution in [3.63, 3.8) is 0 Å². The predicted molar refractivity (Wildman–Crippen MR) is 71.6 cm³/mol. The Bertz CT molecular complexity index is 268. The van der Waals surface area contributed by atoms with E-state index in [0.717, 1.165) is 44.1 Å². The van der Waals surface area contributed by atoms with Crippen LogP contribution in [0.3, 0.4) is 0 Å². The summed E-state index contributed by atoms with van der Waals surface area (Å²) in [6.45, 7) is 6.21. The lowest BCUT2D eigenvalue weighted by atomic mass is 9.78. The van der Waals surface area contributed by atoms with E-state index in [0.29, 0.717) is 0 Å². The molecule has 3 aliphatic heterocycles. The van der Waals surface area contributed by atoms with Gasteiger partial charge in [-0.2, -0.15) is 0 Å². The maximum Gasteiger partial charge on any atom is 0.0939 e. The lowest BCUT2D eigenvalue weighted by molar-refractivity contribution is -0.101. The molecule has 0 bridgehead atoms. The fourth-order valence-corrected chi connectivity index (χ4v) is 3.92. The van der Waals surface area contributed by atoms with E-state index in [4.69, 9.17) is 9.47 Å². The van der Waals surface area contributed by atoms with E-state index in [2.05, 4.69) is 12.2 Å². The van der Waals surface area contributed by atoms with Gasteiger partial charge in [-0.1, -0.05) is 0 Å². The molecule has 3 nitrogen and oxygen atoms in total. The normalized spacial score (nSPS) is 45.5. The first kappa shape index (κ1) is 12.9. The Morgan fingerprint density at radius 1 is 1.17 bits per heavy atom. The number of hydrogen-bond donors (Lipinski definition) is 1. The van der Waals surface area contributed by atoms with Gasteiger partial charge in [-0.25, -0.2) is 0 Å². The van der Waals surface area contributed by atoms with Gasteiger partial charge >= 0.3 is 0 Å². The predicted octanol–water partition coefficient (Wildman–Crippen LogP) is 2.35. The van der Waals surface area contributed by atoms with E-state index in [1.54, 1.807) is 0 Å². The molecule has 0 saturated carbocycles. The topological polar surface area (TPSA) is 30.5 Å². The van der Waals surface area contributed by atoms with Gasteiger partial charge in [0.05, 0.1) is 12.2 Å². The zero-order valence-electron chi connectivity index (χ0n) is 11.6. The second-order valence-electron chi connectivity index (χ2n) is 6.68. The van der Waals surface area contributed by atoms with Crippen molar-refractivity contribution in [2.75, 3.05) is 26.4 Å². The molecule has 0 aromatic heterocycles. The molecule has 1 N–H and O–H groups in total. The van der Waals surface area contributed by atoms with Gasteiger partial charge in [0.2, 0.25) is 0 Å². The molecule has 3 fully saturated rings. The third-order valence-corrected chi connectivity index (χ3v) is 5.09. The van der Waals surface area contributed by atoms with Crippen molar-refractivity contribution >= 4 is 0 Å². The standard InChI is InChI=1S/C15H27NO2/c1-12-2-3-14(10-16-12)8-13-4-6-18-15(9-13)5-7-17-11-15/h12-14,16H,2-11H2,1H3. The molecule has 0 aliphatic carbocycles. The highest BCUT2D eigenvalue weighted by atomic mass is 16.6. The molecular formula is C15H27NO2. The van der Waals surface area contributed by atoms with Crippen molar-refractivity contribution in [3.05, 3.63) is 0 Å². The van der Waals surface area contributed by atoms with E-state index in [1.807, 2.05) is 0 Å². The molecule has 3 aliphatic rings. The van der Waals surface area contributed by atoms with Crippen LogP contribution in [0.2, 0.25) is 0 Å². The molecular weight excluding hydrogens is 226 g/mol. The molecule has 0 aromatic carbocycles. The summed E-state index contributed by atoms with van der Waals surface area (Å²) in [5.74, 6) is 1.75. The lowest BCUT2D eigenvalue weighted by Crippen LogP contribution is -2.42. The highest BCUT2D eigenvalue weighted by Gasteiger charge is 2.41. The third-order valence-electron chi connectivity index (χ3n) is 5.09. The van der Waals surface area contributed by atoms with Crippen LogP contribution >= 0.6 is 0 Å². The molecule has 18 heavy (non-hydrogen) atoms. The van der Waals surface area contributed by atoms with Gasteiger partial charge in [-0.15, -0.1) is 0 Å². The van der Waals surface area contributed by atoms with Crippen LogP contribution in [0.5, 0.6) is 0 Å². The van der Waals surface area contributed by atoms with Crippen molar-refractivity contribution in [2.45, 2.75) is 57.1 Å². The molecule has 0 amide bonds. The number of ether oxygens (including phenoxy) is 2. The van der Waals surface area contributed by atoms with Crippen LogP contribution in [-0.2, 0) is 9.47 Å². The second kappa shape index (κ2) is 5.48. The first-order valence-corrected chi connectivity index (χ1v) is 7.71. The maximum atomic E-state index is 6.02. The SMILES string of the molecule is CC1CCC(CC2CCOC3(CCOC3)C2)CN1. The minimum absolute atomic E-state index is 0.0955. The van der Waals surface area contributed by atoms with Crippen LogP contribution in [0.25, 0.3) is 0 Å². The quantitative estimate of drug-likeness (QED) is 0.819. The Hall–Kier alpha value is -0.120. The first-order chi connectivity index (χ1) is 8.76. The fourth-order valence-electron chi connectivity index (χ4n) is 3.92. The Morgan fingerprint density at radius 3 is 2.83 bits per heavy atom. The van der Waals surface area contributed by atoms with Crippen LogP contribution in [-0.4, -0.2) is 38.0 Å². The molecule has 0 radical (unpaired) electrons. The van der Waals surface area contributed by atoms with Crippen LogP contribution in [0.1, 0.15) is 45.4 Å².